The predicted octanol–water partition coefficient (Wildman–Crippen LogP) is 1.18. The number of hydrogen-bond donors (Lipinski definition) is 2. The molecule has 0 aliphatic carbocycles. The minimum Gasteiger partial charge on any atom is -0.341 e. The molecule has 3 aromatic rings. The number of rotatable bonds is 4. The molecule has 1 unspecified atom stereocenters. The Morgan fingerprint density at radius 1 is 1.20 bits per heavy atom. The summed E-state index contributed by atoms with van der Waals surface area (Å²) in [5, 5.41) is 1.39. The summed E-state index contributed by atoms with van der Waals surface area (Å²) in [6.07, 6.45) is 7.43. The van der Waals surface area contributed by atoms with Crippen LogP contribution in [0.3, 0.4) is 0 Å². The molecule has 0 amide bonds. The molecule has 3 rings (SSSR count). The van der Waals surface area contributed by atoms with Crippen LogP contribution in [0.25, 0.3) is 11.2 Å². The molecular formula is C12H13N7S. The van der Waals surface area contributed by atoms with Crippen LogP contribution in [0, 0.1) is 0 Å². The highest BCUT2D eigenvalue weighted by Crippen LogP contribution is 2.26. The number of aromatic nitrogens is 6. The molecule has 8 heteroatoms. The lowest BCUT2D eigenvalue weighted by Gasteiger charge is -2.05. The fourth-order valence-corrected chi connectivity index (χ4v) is 2.52. The van der Waals surface area contributed by atoms with Gasteiger partial charge in [-0.25, -0.2) is 24.9 Å². The van der Waals surface area contributed by atoms with Gasteiger partial charge >= 0.3 is 0 Å². The van der Waals surface area contributed by atoms with Crippen LogP contribution in [0.1, 0.15) is 12.5 Å². The van der Waals surface area contributed by atoms with Gasteiger partial charge in [-0.3, -0.25) is 0 Å². The molecule has 7 nitrogen and oxygen atoms in total. The van der Waals surface area contributed by atoms with Crippen molar-refractivity contribution < 1.29 is 0 Å². The Balaban J connectivity index is 1.82. The van der Waals surface area contributed by atoms with E-state index >= 15 is 0 Å². The lowest BCUT2D eigenvalue weighted by molar-refractivity contribution is 0.727. The Kier molecular flexibility index (Phi) is 3.57. The fourth-order valence-electron chi connectivity index (χ4n) is 1.78. The van der Waals surface area contributed by atoms with E-state index in [0.29, 0.717) is 10.8 Å². The standard InChI is InChI=1S/C12H13N7S/c1-7(13)2-8-3-14-12(15-4-8)20-11-9-10(17-5-16-9)18-6-19-11/h3-7H,2,13H2,1H3,(H,16,17,18,19). The molecule has 0 fully saturated rings. The maximum Gasteiger partial charge on any atom is 0.193 e. The minimum absolute atomic E-state index is 0.101. The first-order chi connectivity index (χ1) is 9.72. The first kappa shape index (κ1) is 12.9. The van der Waals surface area contributed by atoms with Gasteiger partial charge in [-0.1, -0.05) is 0 Å². The quantitative estimate of drug-likeness (QED) is 0.548. The fraction of sp³-hybridized carbons (Fsp3) is 0.250. The third-order valence-electron chi connectivity index (χ3n) is 2.62. The number of hydrogen-bond acceptors (Lipinski definition) is 7. The van der Waals surface area contributed by atoms with E-state index < -0.39 is 0 Å². The SMILES string of the molecule is CC(N)Cc1cnc(Sc2ncnc3nc[nH]c23)nc1. The Bertz CT molecular complexity index is 707. The first-order valence-electron chi connectivity index (χ1n) is 6.11. The van der Waals surface area contributed by atoms with Crippen LogP contribution in [-0.4, -0.2) is 35.9 Å². The summed E-state index contributed by atoms with van der Waals surface area (Å²) >= 11 is 1.37. The van der Waals surface area contributed by atoms with Crippen molar-refractivity contribution >= 4 is 22.9 Å². The Hall–Kier alpha value is -2.06. The zero-order valence-corrected chi connectivity index (χ0v) is 11.6. The van der Waals surface area contributed by atoms with Crippen LogP contribution in [0.5, 0.6) is 0 Å². The van der Waals surface area contributed by atoms with Crippen molar-refractivity contribution in [2.24, 2.45) is 5.73 Å². The molecule has 0 spiro atoms. The van der Waals surface area contributed by atoms with Crippen LogP contribution < -0.4 is 5.73 Å². The van der Waals surface area contributed by atoms with Crippen LogP contribution in [0.15, 0.2) is 35.2 Å². The van der Waals surface area contributed by atoms with E-state index in [2.05, 4.69) is 29.9 Å². The summed E-state index contributed by atoms with van der Waals surface area (Å²) in [6.45, 7) is 1.96. The van der Waals surface area contributed by atoms with Crippen molar-refractivity contribution in [3.63, 3.8) is 0 Å². The lowest BCUT2D eigenvalue weighted by atomic mass is 10.1. The predicted molar refractivity (Wildman–Crippen MR) is 75.2 cm³/mol. The number of nitrogens with one attached hydrogen (secondary N) is 1. The number of aromatic amines is 1. The number of H-pyrrole nitrogens is 1. The molecular weight excluding hydrogens is 274 g/mol. The van der Waals surface area contributed by atoms with E-state index in [1.165, 1.54) is 18.1 Å². The Labute approximate surface area is 119 Å². The van der Waals surface area contributed by atoms with Gasteiger partial charge in [-0.2, -0.15) is 0 Å². The molecule has 0 saturated heterocycles. The molecule has 1 atom stereocenters. The van der Waals surface area contributed by atoms with Gasteiger partial charge in [0.05, 0.1) is 6.33 Å². The lowest BCUT2D eigenvalue weighted by Crippen LogP contribution is -2.17. The first-order valence-corrected chi connectivity index (χ1v) is 6.92. The van der Waals surface area contributed by atoms with Crippen LogP contribution in [-0.2, 0) is 6.42 Å². The van der Waals surface area contributed by atoms with Gasteiger partial charge in [0.1, 0.15) is 16.9 Å². The van der Waals surface area contributed by atoms with Gasteiger partial charge in [0.25, 0.3) is 0 Å². The van der Waals surface area contributed by atoms with E-state index in [4.69, 9.17) is 5.73 Å². The van der Waals surface area contributed by atoms with Gasteiger partial charge in [0.2, 0.25) is 0 Å². The van der Waals surface area contributed by atoms with Gasteiger partial charge in [-0.15, -0.1) is 0 Å². The zero-order valence-electron chi connectivity index (χ0n) is 10.8. The molecule has 0 aliphatic rings. The third kappa shape index (κ3) is 2.75. The largest absolute Gasteiger partial charge is 0.341 e. The summed E-state index contributed by atoms with van der Waals surface area (Å²) in [5.41, 5.74) is 8.20. The van der Waals surface area contributed by atoms with Crippen molar-refractivity contribution in [1.82, 2.24) is 29.9 Å². The molecule has 3 N–H and O–H groups in total. The van der Waals surface area contributed by atoms with E-state index in [1.54, 1.807) is 18.7 Å². The number of nitrogens with zero attached hydrogens (tertiary/aromatic N) is 5. The summed E-state index contributed by atoms with van der Waals surface area (Å²) in [5.74, 6) is 0. The van der Waals surface area contributed by atoms with E-state index in [-0.39, 0.29) is 6.04 Å². The summed E-state index contributed by atoms with van der Waals surface area (Å²) < 4.78 is 0. The molecule has 20 heavy (non-hydrogen) atoms. The molecule has 0 aromatic carbocycles. The highest BCUT2D eigenvalue weighted by molar-refractivity contribution is 7.99. The Morgan fingerprint density at radius 2 is 2.00 bits per heavy atom. The average Bonchev–Trinajstić information content (AvgIpc) is 2.90. The normalized spacial score (nSPS) is 12.7. The Morgan fingerprint density at radius 3 is 2.75 bits per heavy atom. The van der Waals surface area contributed by atoms with E-state index in [9.17, 15) is 0 Å². The van der Waals surface area contributed by atoms with Gasteiger partial charge < -0.3 is 10.7 Å². The third-order valence-corrected chi connectivity index (χ3v) is 3.51. The number of nitrogens with two attached hydrogens (primary N) is 1. The van der Waals surface area contributed by atoms with Gasteiger partial charge in [-0.05, 0) is 30.7 Å². The second-order valence-electron chi connectivity index (χ2n) is 4.44. The van der Waals surface area contributed by atoms with Crippen molar-refractivity contribution in [3.05, 3.63) is 30.6 Å². The van der Waals surface area contributed by atoms with E-state index in [0.717, 1.165) is 22.5 Å². The van der Waals surface area contributed by atoms with Crippen molar-refractivity contribution in [2.45, 2.75) is 29.6 Å². The number of imidazole rings is 1. The maximum absolute atomic E-state index is 5.75. The highest BCUT2D eigenvalue weighted by Gasteiger charge is 2.09. The van der Waals surface area contributed by atoms with Crippen LogP contribution in [0.2, 0.25) is 0 Å². The van der Waals surface area contributed by atoms with Crippen LogP contribution >= 0.6 is 11.8 Å². The molecule has 0 aliphatic heterocycles. The monoisotopic (exact) mass is 287 g/mol. The summed E-state index contributed by atoms with van der Waals surface area (Å²) in [7, 11) is 0. The van der Waals surface area contributed by atoms with Crippen LogP contribution in [0.4, 0.5) is 0 Å². The summed E-state index contributed by atoms with van der Waals surface area (Å²) in [4.78, 5) is 24.0. The maximum atomic E-state index is 5.75. The van der Waals surface area contributed by atoms with Crippen molar-refractivity contribution in [2.75, 3.05) is 0 Å². The number of fused-ring (bicyclic) bond motifs is 1. The molecule has 0 bridgehead atoms. The van der Waals surface area contributed by atoms with E-state index in [1.807, 2.05) is 6.92 Å². The van der Waals surface area contributed by atoms with Crippen molar-refractivity contribution in [3.8, 4) is 0 Å². The molecule has 102 valence electrons. The molecule has 3 heterocycles. The molecule has 0 saturated carbocycles. The molecule has 0 radical (unpaired) electrons. The average molecular weight is 287 g/mol. The van der Waals surface area contributed by atoms with Gasteiger partial charge in [0.15, 0.2) is 10.8 Å². The zero-order chi connectivity index (χ0) is 13.9. The molecule has 3 aromatic heterocycles. The highest BCUT2D eigenvalue weighted by atomic mass is 32.2. The van der Waals surface area contributed by atoms with Crippen molar-refractivity contribution in [1.29, 1.82) is 0 Å². The second-order valence-corrected chi connectivity index (χ2v) is 5.39. The smallest absolute Gasteiger partial charge is 0.193 e. The minimum atomic E-state index is 0.101. The topological polar surface area (TPSA) is 106 Å². The summed E-state index contributed by atoms with van der Waals surface area (Å²) in [6, 6.07) is 0.101. The van der Waals surface area contributed by atoms with Gasteiger partial charge in [0, 0.05) is 18.4 Å². The second kappa shape index (κ2) is 5.51.